The van der Waals surface area contributed by atoms with Gasteiger partial charge in [-0.15, -0.1) is 0 Å². The van der Waals surface area contributed by atoms with E-state index in [4.69, 9.17) is 0 Å². The van der Waals surface area contributed by atoms with Crippen LogP contribution in [0.15, 0.2) is 48.5 Å². The Morgan fingerprint density at radius 3 is 2.71 bits per heavy atom. The Morgan fingerprint density at radius 2 is 1.82 bits per heavy atom. The smallest absolute Gasteiger partial charge is 0.0215 e. The monoisotopic (exact) mass is 284 g/mol. The number of halogens is 1. The first-order valence-corrected chi connectivity index (χ1v) is 6.94. The minimum Gasteiger partial charge on any atom is -0.0883 e. The van der Waals surface area contributed by atoms with E-state index in [0.717, 1.165) is 11.8 Å². The van der Waals surface area contributed by atoms with Crippen LogP contribution in [0.1, 0.15) is 16.7 Å². The van der Waals surface area contributed by atoms with Crippen molar-refractivity contribution in [2.24, 2.45) is 0 Å². The van der Waals surface area contributed by atoms with Gasteiger partial charge in [0.2, 0.25) is 0 Å². The van der Waals surface area contributed by atoms with Crippen molar-refractivity contribution in [2.45, 2.75) is 6.42 Å². The molecule has 0 atom stereocenters. The highest BCUT2D eigenvalue weighted by Crippen LogP contribution is 2.36. The highest BCUT2D eigenvalue weighted by Gasteiger charge is 2.17. The van der Waals surface area contributed by atoms with E-state index in [1.165, 1.54) is 27.8 Å². The van der Waals surface area contributed by atoms with Gasteiger partial charge in [0, 0.05) is 5.33 Å². The third-order valence-corrected chi connectivity index (χ3v) is 3.59. The number of allylic oxidation sites excluding steroid dienone is 1. The van der Waals surface area contributed by atoms with Crippen LogP contribution >= 0.6 is 15.9 Å². The average molecular weight is 285 g/mol. The maximum Gasteiger partial charge on any atom is 0.0215 e. The number of hydrogen-bond donors (Lipinski definition) is 0. The molecule has 2 aromatic carbocycles. The summed E-state index contributed by atoms with van der Waals surface area (Å²) in [5.74, 6) is 0. The summed E-state index contributed by atoms with van der Waals surface area (Å²) in [5, 5.41) is 0.907. The zero-order valence-corrected chi connectivity index (χ0v) is 11.1. The third kappa shape index (κ3) is 1.96. The second-order valence-electron chi connectivity index (χ2n) is 4.31. The summed E-state index contributed by atoms with van der Waals surface area (Å²) in [5.41, 5.74) is 6.98. The molecule has 0 saturated carbocycles. The van der Waals surface area contributed by atoms with Crippen molar-refractivity contribution in [3.63, 3.8) is 0 Å². The molecule has 0 amide bonds. The van der Waals surface area contributed by atoms with Gasteiger partial charge in [-0.3, -0.25) is 0 Å². The van der Waals surface area contributed by atoms with Crippen molar-refractivity contribution < 1.29 is 0 Å². The Morgan fingerprint density at radius 1 is 1.00 bits per heavy atom. The predicted molar refractivity (Wildman–Crippen MR) is 77.5 cm³/mol. The van der Waals surface area contributed by atoms with E-state index in [2.05, 4.69) is 70.5 Å². The van der Waals surface area contributed by atoms with Crippen molar-refractivity contribution in [2.75, 3.05) is 5.33 Å². The molecule has 1 heteroatoms. The summed E-state index contributed by atoms with van der Waals surface area (Å²) in [4.78, 5) is 0. The van der Waals surface area contributed by atoms with E-state index in [9.17, 15) is 0 Å². The van der Waals surface area contributed by atoms with Crippen LogP contribution < -0.4 is 0 Å². The predicted octanol–water partition coefficient (Wildman–Crippen LogP) is 4.67. The number of alkyl halides is 1. The number of fused-ring (bicyclic) bond motifs is 3. The van der Waals surface area contributed by atoms with Crippen LogP contribution in [0.25, 0.3) is 17.2 Å². The van der Waals surface area contributed by atoms with Crippen LogP contribution in [0, 0.1) is 0 Å². The van der Waals surface area contributed by atoms with E-state index in [0.29, 0.717) is 0 Å². The van der Waals surface area contributed by atoms with E-state index >= 15 is 0 Å². The lowest BCUT2D eigenvalue weighted by Gasteiger charge is -2.01. The molecule has 0 unspecified atom stereocenters. The van der Waals surface area contributed by atoms with Gasteiger partial charge < -0.3 is 0 Å². The number of hydrogen-bond acceptors (Lipinski definition) is 0. The van der Waals surface area contributed by atoms with Crippen LogP contribution in [0.2, 0.25) is 0 Å². The first kappa shape index (κ1) is 10.8. The maximum atomic E-state index is 3.41. The second kappa shape index (κ2) is 4.50. The second-order valence-corrected chi connectivity index (χ2v) is 4.95. The lowest BCUT2D eigenvalue weighted by molar-refractivity contribution is 1.26. The van der Waals surface area contributed by atoms with Crippen molar-refractivity contribution in [3.8, 4) is 11.1 Å². The van der Waals surface area contributed by atoms with Crippen LogP contribution in [0.4, 0.5) is 0 Å². The Balaban J connectivity index is 2.04. The summed E-state index contributed by atoms with van der Waals surface area (Å²) in [6, 6.07) is 15.4. The zero-order valence-electron chi connectivity index (χ0n) is 9.49. The molecule has 0 saturated heterocycles. The molecule has 0 spiro atoms. The van der Waals surface area contributed by atoms with Gasteiger partial charge in [0.15, 0.2) is 0 Å². The Hall–Kier alpha value is -1.34. The summed E-state index contributed by atoms with van der Waals surface area (Å²) in [6.45, 7) is 0. The minimum absolute atomic E-state index is 0.907. The number of rotatable bonds is 2. The van der Waals surface area contributed by atoms with Gasteiger partial charge in [-0.1, -0.05) is 70.5 Å². The highest BCUT2D eigenvalue weighted by atomic mass is 79.9. The lowest BCUT2D eigenvalue weighted by atomic mass is 10.0. The molecule has 0 N–H and O–H groups in total. The summed E-state index contributed by atoms with van der Waals surface area (Å²) in [7, 11) is 0. The van der Waals surface area contributed by atoms with Crippen molar-refractivity contribution >= 4 is 22.0 Å². The molecule has 0 nitrogen and oxygen atoms in total. The average Bonchev–Trinajstić information content (AvgIpc) is 2.74. The molecule has 1 aliphatic rings. The fraction of sp³-hybridized carbons (Fsp3) is 0.125. The van der Waals surface area contributed by atoms with Crippen LogP contribution in [-0.2, 0) is 6.42 Å². The van der Waals surface area contributed by atoms with E-state index in [1.54, 1.807) is 0 Å². The fourth-order valence-electron chi connectivity index (χ4n) is 2.45. The van der Waals surface area contributed by atoms with Gasteiger partial charge in [0.05, 0.1) is 0 Å². The van der Waals surface area contributed by atoms with E-state index in [-0.39, 0.29) is 0 Å². The molecule has 0 radical (unpaired) electrons. The molecule has 0 heterocycles. The Bertz CT molecular complexity index is 582. The Labute approximate surface area is 110 Å². The quantitative estimate of drug-likeness (QED) is 0.600. The molecule has 17 heavy (non-hydrogen) atoms. The van der Waals surface area contributed by atoms with Gasteiger partial charge in [-0.2, -0.15) is 0 Å². The van der Waals surface area contributed by atoms with Crippen molar-refractivity contribution in [3.05, 3.63) is 65.2 Å². The fourth-order valence-corrected chi connectivity index (χ4v) is 2.64. The van der Waals surface area contributed by atoms with E-state index < -0.39 is 0 Å². The SMILES string of the molecule is BrCC=Cc1ccc2c(c1)Cc1ccccc1-2. The highest BCUT2D eigenvalue weighted by molar-refractivity contribution is 9.09. The zero-order chi connectivity index (χ0) is 11.7. The van der Waals surface area contributed by atoms with Crippen LogP contribution in [0.3, 0.4) is 0 Å². The minimum atomic E-state index is 0.907. The number of benzene rings is 2. The molecular weight excluding hydrogens is 272 g/mol. The van der Waals surface area contributed by atoms with Crippen LogP contribution in [0.5, 0.6) is 0 Å². The van der Waals surface area contributed by atoms with Crippen molar-refractivity contribution in [1.82, 2.24) is 0 Å². The topological polar surface area (TPSA) is 0 Å². The molecule has 3 rings (SSSR count). The van der Waals surface area contributed by atoms with E-state index in [1.807, 2.05) is 0 Å². The first-order valence-electron chi connectivity index (χ1n) is 5.82. The summed E-state index contributed by atoms with van der Waals surface area (Å²) >= 11 is 3.41. The molecule has 0 aliphatic heterocycles. The Kier molecular flexibility index (Phi) is 2.86. The summed E-state index contributed by atoms with van der Waals surface area (Å²) in [6.07, 6.45) is 5.36. The van der Waals surface area contributed by atoms with Gasteiger partial charge in [-0.05, 0) is 34.2 Å². The standard InChI is InChI=1S/C16H13Br/c17-9-3-4-12-7-8-16-14(10-12)11-13-5-1-2-6-15(13)16/h1-8,10H,9,11H2. The lowest BCUT2D eigenvalue weighted by Crippen LogP contribution is -1.81. The molecule has 1 aliphatic carbocycles. The summed E-state index contributed by atoms with van der Waals surface area (Å²) < 4.78 is 0. The maximum absolute atomic E-state index is 3.41. The van der Waals surface area contributed by atoms with Crippen molar-refractivity contribution in [1.29, 1.82) is 0 Å². The molecule has 0 bridgehead atoms. The molecular formula is C16H13Br. The molecule has 2 aromatic rings. The van der Waals surface area contributed by atoms with Gasteiger partial charge in [-0.25, -0.2) is 0 Å². The van der Waals surface area contributed by atoms with Crippen LogP contribution in [-0.4, -0.2) is 5.33 Å². The largest absolute Gasteiger partial charge is 0.0883 e. The van der Waals surface area contributed by atoms with Gasteiger partial charge >= 0.3 is 0 Å². The first-order chi connectivity index (χ1) is 8.38. The van der Waals surface area contributed by atoms with Gasteiger partial charge in [0.1, 0.15) is 0 Å². The molecule has 0 aromatic heterocycles. The molecule has 84 valence electrons. The molecule has 0 fully saturated rings. The third-order valence-electron chi connectivity index (χ3n) is 3.22. The van der Waals surface area contributed by atoms with Gasteiger partial charge in [0.25, 0.3) is 0 Å². The normalized spacial score (nSPS) is 12.8.